The number of ether oxygens (including phenoxy) is 1. The van der Waals surface area contributed by atoms with Crippen molar-refractivity contribution in [3.63, 3.8) is 0 Å². The Hall–Kier alpha value is -3.06. The molecule has 0 spiro atoms. The van der Waals surface area contributed by atoms with Gasteiger partial charge in [0, 0.05) is 12.3 Å². The second-order valence-electron chi connectivity index (χ2n) is 6.55. The summed E-state index contributed by atoms with van der Waals surface area (Å²) in [5, 5.41) is 0. The molecule has 1 fully saturated rings. The van der Waals surface area contributed by atoms with Crippen molar-refractivity contribution in [2.45, 2.75) is 23.3 Å². The molecule has 1 aliphatic heterocycles. The molecule has 6 nitrogen and oxygen atoms in total. The van der Waals surface area contributed by atoms with Crippen LogP contribution in [0.3, 0.4) is 0 Å². The predicted molar refractivity (Wildman–Crippen MR) is 102 cm³/mol. The maximum atomic E-state index is 13.3. The standard InChI is InChI=1S/C21H19NO5S/c1-26-16-9-11-17(12-10-16)28(24,25)22-20(23)14-18(15-6-3-2-4-7-15)21(22)19-8-5-13-27-19/h2-13,18,21H,14H2,1H3/t18-,21-/m1/s1. The van der Waals surface area contributed by atoms with Crippen LogP contribution in [0.4, 0.5) is 0 Å². The molecule has 28 heavy (non-hydrogen) atoms. The lowest BCUT2D eigenvalue weighted by Gasteiger charge is -2.26. The minimum absolute atomic E-state index is 0.0342. The second-order valence-corrected chi connectivity index (χ2v) is 8.37. The largest absolute Gasteiger partial charge is 0.497 e. The molecule has 144 valence electrons. The number of hydrogen-bond donors (Lipinski definition) is 0. The van der Waals surface area contributed by atoms with Gasteiger partial charge in [-0.05, 0) is 42.0 Å². The fourth-order valence-corrected chi connectivity index (χ4v) is 5.23. The van der Waals surface area contributed by atoms with Crippen molar-refractivity contribution in [2.24, 2.45) is 0 Å². The van der Waals surface area contributed by atoms with Crippen LogP contribution >= 0.6 is 0 Å². The average molecular weight is 397 g/mol. The van der Waals surface area contributed by atoms with Gasteiger partial charge in [0.05, 0.1) is 18.3 Å². The molecule has 0 radical (unpaired) electrons. The monoisotopic (exact) mass is 397 g/mol. The molecule has 0 saturated carbocycles. The molecule has 1 aromatic heterocycles. The highest BCUT2D eigenvalue weighted by atomic mass is 32.2. The summed E-state index contributed by atoms with van der Waals surface area (Å²) in [6.07, 6.45) is 1.57. The summed E-state index contributed by atoms with van der Waals surface area (Å²) >= 11 is 0. The summed E-state index contributed by atoms with van der Waals surface area (Å²) < 4.78 is 38.3. The van der Waals surface area contributed by atoms with E-state index in [0.717, 1.165) is 9.87 Å². The number of carbonyl (C=O) groups excluding carboxylic acids is 1. The highest BCUT2D eigenvalue weighted by molar-refractivity contribution is 7.89. The molecular formula is C21H19NO5S. The Morgan fingerprint density at radius 3 is 2.32 bits per heavy atom. The maximum absolute atomic E-state index is 13.3. The van der Waals surface area contributed by atoms with Crippen LogP contribution in [-0.4, -0.2) is 25.7 Å². The van der Waals surface area contributed by atoms with E-state index < -0.39 is 22.0 Å². The van der Waals surface area contributed by atoms with Crippen LogP contribution in [0.1, 0.15) is 29.7 Å². The van der Waals surface area contributed by atoms with Crippen LogP contribution in [0.25, 0.3) is 0 Å². The van der Waals surface area contributed by atoms with E-state index in [9.17, 15) is 13.2 Å². The Morgan fingerprint density at radius 2 is 1.71 bits per heavy atom. The van der Waals surface area contributed by atoms with Gasteiger partial charge in [-0.2, -0.15) is 0 Å². The van der Waals surface area contributed by atoms with Crippen LogP contribution in [0.15, 0.2) is 82.3 Å². The van der Waals surface area contributed by atoms with Gasteiger partial charge in [-0.15, -0.1) is 0 Å². The summed E-state index contributed by atoms with van der Waals surface area (Å²) in [5.41, 5.74) is 0.893. The van der Waals surface area contributed by atoms with Gasteiger partial charge in [0.2, 0.25) is 5.91 Å². The first-order chi connectivity index (χ1) is 13.5. The van der Waals surface area contributed by atoms with Crippen LogP contribution in [0, 0.1) is 0 Å². The third-order valence-corrected chi connectivity index (χ3v) is 6.77. The third-order valence-electron chi connectivity index (χ3n) is 4.95. The Kier molecular flexibility index (Phi) is 4.68. The van der Waals surface area contributed by atoms with Crippen LogP contribution < -0.4 is 4.74 Å². The maximum Gasteiger partial charge on any atom is 0.267 e. The molecule has 1 saturated heterocycles. The summed E-state index contributed by atoms with van der Waals surface area (Å²) in [6, 6.07) is 18.1. The van der Waals surface area contributed by atoms with E-state index in [1.807, 2.05) is 30.3 Å². The highest BCUT2D eigenvalue weighted by Crippen LogP contribution is 2.47. The van der Waals surface area contributed by atoms with Crippen LogP contribution in [0.2, 0.25) is 0 Å². The minimum Gasteiger partial charge on any atom is -0.497 e. The van der Waals surface area contributed by atoms with E-state index in [1.54, 1.807) is 24.3 Å². The van der Waals surface area contributed by atoms with Gasteiger partial charge in [0.25, 0.3) is 10.0 Å². The molecule has 1 aliphatic rings. The Labute approximate surface area is 163 Å². The zero-order valence-corrected chi connectivity index (χ0v) is 16.0. The molecule has 0 aliphatic carbocycles. The quantitative estimate of drug-likeness (QED) is 0.656. The van der Waals surface area contributed by atoms with E-state index in [1.165, 1.54) is 25.5 Å². The molecule has 7 heteroatoms. The van der Waals surface area contributed by atoms with Crippen molar-refractivity contribution < 1.29 is 22.4 Å². The van der Waals surface area contributed by atoms with Crippen molar-refractivity contribution in [1.29, 1.82) is 0 Å². The molecule has 1 amide bonds. The number of methoxy groups -OCH3 is 1. The lowest BCUT2D eigenvalue weighted by molar-refractivity contribution is -0.124. The van der Waals surface area contributed by atoms with Crippen molar-refractivity contribution in [1.82, 2.24) is 4.31 Å². The number of hydrogen-bond acceptors (Lipinski definition) is 5. The van der Waals surface area contributed by atoms with E-state index in [0.29, 0.717) is 11.5 Å². The molecule has 2 heterocycles. The second kappa shape index (κ2) is 7.16. The van der Waals surface area contributed by atoms with E-state index in [-0.39, 0.29) is 17.2 Å². The molecule has 2 atom stereocenters. The number of carbonyl (C=O) groups is 1. The van der Waals surface area contributed by atoms with Gasteiger partial charge in [-0.1, -0.05) is 30.3 Å². The van der Waals surface area contributed by atoms with Gasteiger partial charge < -0.3 is 9.15 Å². The molecule has 4 rings (SSSR count). The minimum atomic E-state index is -4.06. The number of nitrogens with zero attached hydrogens (tertiary/aromatic N) is 1. The number of amides is 1. The van der Waals surface area contributed by atoms with Crippen LogP contribution in [0.5, 0.6) is 5.75 Å². The van der Waals surface area contributed by atoms with Crippen molar-refractivity contribution in [3.05, 3.63) is 84.3 Å². The first-order valence-corrected chi connectivity index (χ1v) is 10.3. The molecular weight excluding hydrogens is 378 g/mol. The summed E-state index contributed by atoms with van der Waals surface area (Å²) in [6.45, 7) is 0. The van der Waals surface area contributed by atoms with E-state index in [4.69, 9.17) is 9.15 Å². The van der Waals surface area contributed by atoms with Crippen LogP contribution in [-0.2, 0) is 14.8 Å². The lowest BCUT2D eigenvalue weighted by atomic mass is 9.91. The molecule has 0 bridgehead atoms. The SMILES string of the molecule is COc1ccc(S(=O)(=O)N2C(=O)C[C@H](c3ccccc3)[C@@H]2c2ccco2)cc1. The number of furan rings is 1. The van der Waals surface area contributed by atoms with Gasteiger partial charge in [0.15, 0.2) is 0 Å². The summed E-state index contributed by atoms with van der Waals surface area (Å²) in [4.78, 5) is 12.9. The fraction of sp³-hybridized carbons (Fsp3) is 0.190. The fourth-order valence-electron chi connectivity index (χ4n) is 3.63. The smallest absolute Gasteiger partial charge is 0.267 e. The normalized spacial score (nSPS) is 19.8. The topological polar surface area (TPSA) is 76.8 Å². The lowest BCUT2D eigenvalue weighted by Crippen LogP contribution is -2.34. The number of benzene rings is 2. The third kappa shape index (κ3) is 3.07. The van der Waals surface area contributed by atoms with Gasteiger partial charge in [-0.3, -0.25) is 4.79 Å². The number of sulfonamides is 1. The molecule has 0 unspecified atom stereocenters. The van der Waals surface area contributed by atoms with E-state index in [2.05, 4.69) is 0 Å². The zero-order chi connectivity index (χ0) is 19.7. The Bertz CT molecular complexity index is 1060. The first-order valence-electron chi connectivity index (χ1n) is 8.82. The van der Waals surface area contributed by atoms with Crippen molar-refractivity contribution in [3.8, 4) is 5.75 Å². The molecule has 3 aromatic rings. The Morgan fingerprint density at radius 1 is 1.00 bits per heavy atom. The summed E-state index contributed by atoms with van der Waals surface area (Å²) in [5.74, 6) is 0.201. The van der Waals surface area contributed by atoms with Gasteiger partial charge in [0.1, 0.15) is 17.6 Å². The predicted octanol–water partition coefficient (Wildman–Crippen LogP) is 3.73. The summed E-state index contributed by atoms with van der Waals surface area (Å²) in [7, 11) is -2.56. The molecule has 0 N–H and O–H groups in total. The Balaban J connectivity index is 1.80. The van der Waals surface area contributed by atoms with Crippen molar-refractivity contribution in [2.75, 3.05) is 7.11 Å². The van der Waals surface area contributed by atoms with Gasteiger partial charge >= 0.3 is 0 Å². The first kappa shape index (κ1) is 18.3. The zero-order valence-electron chi connectivity index (χ0n) is 15.2. The van der Waals surface area contributed by atoms with Crippen molar-refractivity contribution >= 4 is 15.9 Å². The van der Waals surface area contributed by atoms with E-state index >= 15 is 0 Å². The van der Waals surface area contributed by atoms with Gasteiger partial charge in [-0.25, -0.2) is 12.7 Å². The number of rotatable bonds is 5. The molecule has 2 aromatic carbocycles. The average Bonchev–Trinajstić information content (AvgIpc) is 3.36. The highest BCUT2D eigenvalue weighted by Gasteiger charge is 2.49.